The summed E-state index contributed by atoms with van der Waals surface area (Å²) in [6.45, 7) is 2.58. The number of nitrogens with zero attached hydrogens (tertiary/aromatic N) is 3. The molecule has 28 heavy (non-hydrogen) atoms. The Hall–Kier alpha value is -2.11. The molecule has 0 radical (unpaired) electrons. The number of hydrogen-bond donors (Lipinski definition) is 1. The van der Waals surface area contributed by atoms with E-state index in [1.807, 2.05) is 6.92 Å². The average molecular weight is 416 g/mol. The smallest absolute Gasteiger partial charge is 0.325 e. The lowest BCUT2D eigenvalue weighted by atomic mass is 10.2. The van der Waals surface area contributed by atoms with Crippen LogP contribution in [0.4, 0.5) is 13.6 Å². The van der Waals surface area contributed by atoms with Gasteiger partial charge in [-0.3, -0.25) is 9.69 Å². The van der Waals surface area contributed by atoms with E-state index in [0.717, 1.165) is 27.8 Å². The van der Waals surface area contributed by atoms with Crippen molar-refractivity contribution in [3.05, 3.63) is 29.8 Å². The third kappa shape index (κ3) is 4.01. The lowest BCUT2D eigenvalue weighted by Crippen LogP contribution is -2.52. The molecule has 0 saturated carbocycles. The fourth-order valence-electron chi connectivity index (χ4n) is 3.32. The van der Waals surface area contributed by atoms with Gasteiger partial charge in [0.15, 0.2) is 0 Å². The van der Waals surface area contributed by atoms with E-state index in [-0.39, 0.29) is 38.8 Å². The van der Waals surface area contributed by atoms with Crippen molar-refractivity contribution >= 4 is 22.0 Å². The molecule has 1 N–H and O–H groups in total. The molecule has 1 atom stereocenters. The van der Waals surface area contributed by atoms with Crippen LogP contribution in [0.25, 0.3) is 0 Å². The van der Waals surface area contributed by atoms with Gasteiger partial charge in [-0.1, -0.05) is 13.3 Å². The minimum atomic E-state index is -4.17. The Bertz CT molecular complexity index is 872. The van der Waals surface area contributed by atoms with Crippen LogP contribution in [0.5, 0.6) is 0 Å². The molecule has 2 aliphatic rings. The van der Waals surface area contributed by atoms with Gasteiger partial charge in [0.2, 0.25) is 10.0 Å². The van der Waals surface area contributed by atoms with Crippen molar-refractivity contribution in [1.29, 1.82) is 0 Å². The Kier molecular flexibility index (Phi) is 5.96. The van der Waals surface area contributed by atoms with Crippen molar-refractivity contribution in [2.75, 3.05) is 32.8 Å². The molecule has 2 aliphatic heterocycles. The average Bonchev–Trinajstić information content (AvgIpc) is 2.92. The maximum Gasteiger partial charge on any atom is 0.325 e. The molecule has 1 aromatic carbocycles. The molecule has 2 heterocycles. The molecule has 3 amide bonds. The molecule has 0 bridgehead atoms. The van der Waals surface area contributed by atoms with Crippen molar-refractivity contribution in [3.63, 3.8) is 0 Å². The molecule has 1 aromatic rings. The highest BCUT2D eigenvalue weighted by Crippen LogP contribution is 2.22. The number of carbonyl (C=O) groups is 2. The Morgan fingerprint density at radius 1 is 1.14 bits per heavy atom. The number of nitrogens with one attached hydrogen (secondary N) is 1. The normalized spacial score (nSPS) is 22.0. The molecule has 0 aliphatic carbocycles. The van der Waals surface area contributed by atoms with Gasteiger partial charge in [-0.15, -0.1) is 0 Å². The number of amides is 3. The van der Waals surface area contributed by atoms with Gasteiger partial charge in [-0.25, -0.2) is 26.9 Å². The van der Waals surface area contributed by atoms with Gasteiger partial charge in [0, 0.05) is 26.2 Å². The lowest BCUT2D eigenvalue weighted by molar-refractivity contribution is -0.129. The first kappa shape index (κ1) is 20.6. The second kappa shape index (κ2) is 8.10. The summed E-state index contributed by atoms with van der Waals surface area (Å²) in [6, 6.07) is 1.33. The van der Waals surface area contributed by atoms with Crippen molar-refractivity contribution in [2.45, 2.75) is 30.7 Å². The summed E-state index contributed by atoms with van der Waals surface area (Å²) in [4.78, 5) is 26.5. The second-order valence-electron chi connectivity index (χ2n) is 6.80. The Labute approximate surface area is 162 Å². The number of hydrogen-bond acceptors (Lipinski definition) is 5. The van der Waals surface area contributed by atoms with Crippen LogP contribution in [0.1, 0.15) is 19.8 Å². The van der Waals surface area contributed by atoms with Crippen LogP contribution in [-0.4, -0.2) is 73.4 Å². The highest BCUT2D eigenvalue weighted by Gasteiger charge is 2.39. The van der Waals surface area contributed by atoms with Crippen molar-refractivity contribution < 1.29 is 26.8 Å². The van der Waals surface area contributed by atoms with E-state index in [4.69, 9.17) is 0 Å². The zero-order valence-electron chi connectivity index (χ0n) is 15.4. The molecule has 2 saturated heterocycles. The summed E-state index contributed by atoms with van der Waals surface area (Å²) in [7, 11) is -4.17. The maximum absolute atomic E-state index is 13.9. The number of benzene rings is 1. The molecule has 0 unspecified atom stereocenters. The van der Waals surface area contributed by atoms with Gasteiger partial charge < -0.3 is 5.32 Å². The van der Waals surface area contributed by atoms with Crippen LogP contribution >= 0.6 is 0 Å². The van der Waals surface area contributed by atoms with Gasteiger partial charge in [0.1, 0.15) is 22.6 Å². The van der Waals surface area contributed by atoms with Crippen LogP contribution < -0.4 is 5.32 Å². The fourth-order valence-corrected chi connectivity index (χ4v) is 4.82. The van der Waals surface area contributed by atoms with Crippen LogP contribution in [0, 0.1) is 11.6 Å². The number of carbonyl (C=O) groups excluding carboxylic acids is 2. The third-order valence-corrected chi connectivity index (χ3v) is 6.78. The largest absolute Gasteiger partial charge is 0.326 e. The summed E-state index contributed by atoms with van der Waals surface area (Å²) < 4.78 is 53.5. The number of urea groups is 1. The van der Waals surface area contributed by atoms with Crippen LogP contribution in [-0.2, 0) is 14.8 Å². The molecule has 154 valence electrons. The topological polar surface area (TPSA) is 90.0 Å². The van der Waals surface area contributed by atoms with Gasteiger partial charge in [0.05, 0.1) is 6.67 Å². The Morgan fingerprint density at radius 3 is 2.46 bits per heavy atom. The highest BCUT2D eigenvalue weighted by atomic mass is 32.2. The van der Waals surface area contributed by atoms with Gasteiger partial charge in [0.25, 0.3) is 5.91 Å². The minimum absolute atomic E-state index is 0.0420. The van der Waals surface area contributed by atoms with E-state index in [1.54, 1.807) is 4.90 Å². The minimum Gasteiger partial charge on any atom is -0.326 e. The SMILES string of the molecule is CCC[C@H]1NC(=O)N(CN2CCN(S(=O)(=O)c3cc(F)ccc3F)CC2)C1=O. The third-order valence-electron chi connectivity index (χ3n) is 4.87. The second-order valence-corrected chi connectivity index (χ2v) is 8.70. The first-order valence-corrected chi connectivity index (χ1v) is 10.5. The van der Waals surface area contributed by atoms with E-state index < -0.39 is 38.6 Å². The lowest BCUT2D eigenvalue weighted by Gasteiger charge is -2.35. The predicted octanol–water partition coefficient (Wildman–Crippen LogP) is 0.949. The van der Waals surface area contributed by atoms with Gasteiger partial charge in [-0.2, -0.15) is 4.31 Å². The summed E-state index contributed by atoms with van der Waals surface area (Å²) in [6.07, 6.45) is 1.32. The first-order chi connectivity index (χ1) is 13.2. The van der Waals surface area contributed by atoms with E-state index in [0.29, 0.717) is 12.5 Å². The standard InChI is InChI=1S/C17H22F2N4O4S/c1-2-3-14-16(24)23(17(25)20-14)11-21-6-8-22(9-7-21)28(26,27)15-10-12(18)4-5-13(15)19/h4-5,10,14H,2-3,6-9,11H2,1H3,(H,20,25)/t14-/m1/s1. The van der Waals surface area contributed by atoms with Crippen LogP contribution in [0.2, 0.25) is 0 Å². The first-order valence-electron chi connectivity index (χ1n) is 9.03. The molecule has 2 fully saturated rings. The van der Waals surface area contributed by atoms with Crippen molar-refractivity contribution in [1.82, 2.24) is 19.4 Å². The Morgan fingerprint density at radius 2 is 1.82 bits per heavy atom. The maximum atomic E-state index is 13.9. The van der Waals surface area contributed by atoms with E-state index >= 15 is 0 Å². The number of piperazine rings is 1. The van der Waals surface area contributed by atoms with Gasteiger partial charge in [-0.05, 0) is 24.6 Å². The Balaban J connectivity index is 1.62. The summed E-state index contributed by atoms with van der Waals surface area (Å²) in [5.74, 6) is -2.13. The van der Waals surface area contributed by atoms with E-state index in [1.165, 1.54) is 0 Å². The number of halogens is 2. The summed E-state index contributed by atoms with van der Waals surface area (Å²) >= 11 is 0. The molecule has 0 aromatic heterocycles. The zero-order valence-corrected chi connectivity index (χ0v) is 16.2. The van der Waals surface area contributed by atoms with E-state index in [2.05, 4.69) is 5.32 Å². The number of imide groups is 1. The summed E-state index contributed by atoms with van der Waals surface area (Å²) in [5.41, 5.74) is 0. The van der Waals surface area contributed by atoms with Gasteiger partial charge >= 0.3 is 6.03 Å². The van der Waals surface area contributed by atoms with E-state index in [9.17, 15) is 26.8 Å². The number of rotatable bonds is 6. The van der Waals surface area contributed by atoms with Crippen molar-refractivity contribution in [3.8, 4) is 0 Å². The fraction of sp³-hybridized carbons (Fsp3) is 0.529. The summed E-state index contributed by atoms with van der Waals surface area (Å²) in [5, 5.41) is 2.64. The zero-order chi connectivity index (χ0) is 20.5. The molecule has 8 nitrogen and oxygen atoms in total. The quantitative estimate of drug-likeness (QED) is 0.698. The molecule has 3 rings (SSSR count). The molecular weight excluding hydrogens is 394 g/mol. The predicted molar refractivity (Wildman–Crippen MR) is 95.6 cm³/mol. The highest BCUT2D eigenvalue weighted by molar-refractivity contribution is 7.89. The molecule has 11 heteroatoms. The van der Waals surface area contributed by atoms with Crippen LogP contribution in [0.3, 0.4) is 0 Å². The number of sulfonamides is 1. The molecular formula is C17H22F2N4O4S. The van der Waals surface area contributed by atoms with Crippen LogP contribution in [0.15, 0.2) is 23.1 Å². The monoisotopic (exact) mass is 416 g/mol. The van der Waals surface area contributed by atoms with Crippen molar-refractivity contribution in [2.24, 2.45) is 0 Å². The molecule has 0 spiro atoms.